The summed E-state index contributed by atoms with van der Waals surface area (Å²) >= 11 is 24.2. The SMILES string of the molecule is FC(Cl)C(Cl)C(Cl)(Cl)C(F)(F)Cl. The number of alkyl halides is 8. The van der Waals surface area contributed by atoms with Crippen LogP contribution in [-0.4, -0.2) is 20.7 Å². The van der Waals surface area contributed by atoms with Gasteiger partial charge in [0.05, 0.1) is 0 Å². The van der Waals surface area contributed by atoms with E-state index >= 15 is 0 Å². The van der Waals surface area contributed by atoms with E-state index in [-0.39, 0.29) is 0 Å². The van der Waals surface area contributed by atoms with E-state index in [2.05, 4.69) is 11.6 Å². The summed E-state index contributed by atoms with van der Waals surface area (Å²) in [5.74, 6) is 0. The van der Waals surface area contributed by atoms with Gasteiger partial charge >= 0.3 is 5.38 Å². The maximum atomic E-state index is 12.3. The molecule has 0 aliphatic rings. The molecule has 0 amide bonds. The molecular formula is C4H2Cl5F3. The molecule has 0 aromatic carbocycles. The van der Waals surface area contributed by atoms with E-state index in [1.54, 1.807) is 0 Å². The lowest BCUT2D eigenvalue weighted by Gasteiger charge is -2.28. The smallest absolute Gasteiger partial charge is 0.228 e. The van der Waals surface area contributed by atoms with Gasteiger partial charge in [0.15, 0.2) is 5.63 Å². The Kier molecular flexibility index (Phi) is 4.61. The molecule has 0 saturated heterocycles. The van der Waals surface area contributed by atoms with Gasteiger partial charge in [0.1, 0.15) is 5.38 Å². The fourth-order valence-corrected chi connectivity index (χ4v) is 1.16. The van der Waals surface area contributed by atoms with E-state index in [0.717, 1.165) is 0 Å². The monoisotopic (exact) mass is 282 g/mol. The number of halogens is 8. The van der Waals surface area contributed by atoms with E-state index in [1.807, 2.05) is 0 Å². The predicted molar refractivity (Wildman–Crippen MR) is 45.6 cm³/mol. The molecule has 0 aromatic rings. The molecule has 0 aliphatic heterocycles. The largest absolute Gasteiger partial charge is 0.355 e. The number of rotatable bonds is 3. The molecule has 8 heteroatoms. The first-order chi connectivity index (χ1) is 5.10. The van der Waals surface area contributed by atoms with Crippen molar-refractivity contribution in [3.8, 4) is 0 Å². The van der Waals surface area contributed by atoms with Gasteiger partial charge in [-0.05, 0) is 11.6 Å². The highest BCUT2D eigenvalue weighted by molar-refractivity contribution is 6.56. The zero-order valence-electron chi connectivity index (χ0n) is 5.18. The van der Waals surface area contributed by atoms with Gasteiger partial charge in [-0.15, -0.1) is 11.6 Å². The molecule has 74 valence electrons. The molecule has 2 atom stereocenters. The second kappa shape index (κ2) is 4.18. The van der Waals surface area contributed by atoms with Crippen molar-refractivity contribution < 1.29 is 13.2 Å². The summed E-state index contributed by atoms with van der Waals surface area (Å²) in [6.07, 6.45) is 0. The zero-order chi connectivity index (χ0) is 10.2. The van der Waals surface area contributed by atoms with Gasteiger partial charge in [0.25, 0.3) is 0 Å². The first kappa shape index (κ1) is 13.2. The normalized spacial score (nSPS) is 19.0. The van der Waals surface area contributed by atoms with Crippen molar-refractivity contribution in [2.45, 2.75) is 20.7 Å². The first-order valence-electron chi connectivity index (χ1n) is 2.47. The Balaban J connectivity index is 4.61. The third kappa shape index (κ3) is 2.88. The van der Waals surface area contributed by atoms with Crippen LogP contribution in [0.2, 0.25) is 0 Å². The molecule has 0 heterocycles. The Morgan fingerprint density at radius 2 is 1.33 bits per heavy atom. The van der Waals surface area contributed by atoms with Gasteiger partial charge < -0.3 is 0 Å². The molecule has 0 spiro atoms. The number of hydrogen-bond acceptors (Lipinski definition) is 0. The summed E-state index contributed by atoms with van der Waals surface area (Å²) in [7, 11) is 0. The summed E-state index contributed by atoms with van der Waals surface area (Å²) in [4.78, 5) is 0. The highest BCUT2D eigenvalue weighted by atomic mass is 35.5. The highest BCUT2D eigenvalue weighted by Gasteiger charge is 2.57. The minimum Gasteiger partial charge on any atom is -0.228 e. The van der Waals surface area contributed by atoms with Crippen molar-refractivity contribution in [3.05, 3.63) is 0 Å². The lowest BCUT2D eigenvalue weighted by Crippen LogP contribution is -2.44. The third-order valence-electron chi connectivity index (χ3n) is 0.946. The fraction of sp³-hybridized carbons (Fsp3) is 1.00. The maximum Gasteiger partial charge on any atom is 0.355 e. The summed E-state index contributed by atoms with van der Waals surface area (Å²) in [5.41, 5.74) is -2.31. The lowest BCUT2D eigenvalue weighted by molar-refractivity contribution is 0.0701. The van der Waals surface area contributed by atoms with Crippen molar-refractivity contribution in [1.82, 2.24) is 0 Å². The number of hydrogen-bond donors (Lipinski definition) is 0. The summed E-state index contributed by atoms with van der Waals surface area (Å²) in [6, 6.07) is 0. The second-order valence-electron chi connectivity index (χ2n) is 1.86. The summed E-state index contributed by atoms with van der Waals surface area (Å²) in [5, 5.41) is -6.06. The van der Waals surface area contributed by atoms with Gasteiger partial charge in [0, 0.05) is 0 Å². The van der Waals surface area contributed by atoms with Crippen LogP contribution in [0, 0.1) is 0 Å². The minimum absolute atomic E-state index is 2.00. The molecule has 0 aliphatic carbocycles. The van der Waals surface area contributed by atoms with Crippen LogP contribution < -0.4 is 0 Å². The van der Waals surface area contributed by atoms with Gasteiger partial charge in [0.2, 0.25) is 4.33 Å². The Morgan fingerprint density at radius 1 is 1.00 bits per heavy atom. The first-order valence-corrected chi connectivity index (χ1v) is 4.48. The maximum absolute atomic E-state index is 12.3. The molecule has 0 N–H and O–H groups in total. The van der Waals surface area contributed by atoms with Crippen LogP contribution in [0.25, 0.3) is 0 Å². The molecule has 0 saturated carbocycles. The van der Waals surface area contributed by atoms with Crippen molar-refractivity contribution in [2.75, 3.05) is 0 Å². The average Bonchev–Trinajstić information content (AvgIpc) is 1.83. The van der Waals surface area contributed by atoms with E-state index in [0.29, 0.717) is 0 Å². The Hall–Kier alpha value is 1.24. The molecule has 0 bridgehead atoms. The van der Waals surface area contributed by atoms with Crippen LogP contribution in [-0.2, 0) is 0 Å². The third-order valence-corrected chi connectivity index (χ3v) is 3.53. The highest BCUT2D eigenvalue weighted by Crippen LogP contribution is 2.48. The van der Waals surface area contributed by atoms with Crippen molar-refractivity contribution >= 4 is 58.0 Å². The molecule has 0 aromatic heterocycles. The Labute approximate surface area is 91.8 Å². The molecule has 0 nitrogen and oxygen atoms in total. The Bertz CT molecular complexity index is 153. The van der Waals surface area contributed by atoms with Crippen LogP contribution in [0.4, 0.5) is 13.2 Å². The van der Waals surface area contributed by atoms with Crippen LogP contribution in [0.1, 0.15) is 0 Å². The van der Waals surface area contributed by atoms with Crippen LogP contribution in [0.5, 0.6) is 0 Å². The van der Waals surface area contributed by atoms with E-state index in [1.165, 1.54) is 0 Å². The van der Waals surface area contributed by atoms with E-state index in [9.17, 15) is 13.2 Å². The molecule has 2 unspecified atom stereocenters. The Morgan fingerprint density at radius 3 is 1.42 bits per heavy atom. The summed E-state index contributed by atoms with van der Waals surface area (Å²) in [6.45, 7) is 0. The van der Waals surface area contributed by atoms with Gasteiger partial charge in [-0.25, -0.2) is 4.39 Å². The quantitative estimate of drug-likeness (QED) is 0.683. The topological polar surface area (TPSA) is 0 Å². The van der Waals surface area contributed by atoms with Crippen molar-refractivity contribution in [3.63, 3.8) is 0 Å². The predicted octanol–water partition coefficient (Wildman–Crippen LogP) is 4.13. The van der Waals surface area contributed by atoms with Crippen LogP contribution >= 0.6 is 58.0 Å². The van der Waals surface area contributed by atoms with E-state index < -0.39 is 20.7 Å². The van der Waals surface area contributed by atoms with Gasteiger partial charge in [-0.1, -0.05) is 34.8 Å². The van der Waals surface area contributed by atoms with E-state index in [4.69, 9.17) is 46.4 Å². The lowest BCUT2D eigenvalue weighted by atomic mass is 10.3. The average molecular weight is 284 g/mol. The zero-order valence-corrected chi connectivity index (χ0v) is 8.96. The minimum atomic E-state index is -4.05. The molecule has 0 rings (SSSR count). The second-order valence-corrected chi connectivity index (χ2v) is 4.60. The molecule has 0 fully saturated rings. The fourth-order valence-electron chi connectivity index (χ4n) is 0.315. The summed E-state index contributed by atoms with van der Waals surface area (Å²) < 4.78 is 33.9. The standard InChI is InChI=1S/C4H2Cl5F3/c5-1(2(6)10)3(7,8)4(9,11)12/h1-2H. The van der Waals surface area contributed by atoms with Crippen LogP contribution in [0.15, 0.2) is 0 Å². The van der Waals surface area contributed by atoms with Crippen molar-refractivity contribution in [1.29, 1.82) is 0 Å². The molecular weight excluding hydrogens is 282 g/mol. The van der Waals surface area contributed by atoms with Gasteiger partial charge in [-0.3, -0.25) is 0 Å². The van der Waals surface area contributed by atoms with Crippen molar-refractivity contribution in [2.24, 2.45) is 0 Å². The van der Waals surface area contributed by atoms with Gasteiger partial charge in [-0.2, -0.15) is 8.78 Å². The van der Waals surface area contributed by atoms with Crippen LogP contribution in [0.3, 0.4) is 0 Å². The molecule has 0 radical (unpaired) electrons. The molecule has 12 heavy (non-hydrogen) atoms.